The average molecular weight is 351 g/mol. The molecule has 0 amide bonds. The van der Waals surface area contributed by atoms with Gasteiger partial charge in [0.05, 0.1) is 12.8 Å². The summed E-state index contributed by atoms with van der Waals surface area (Å²) < 4.78 is 31.8. The predicted molar refractivity (Wildman–Crippen MR) is 92.3 cm³/mol. The van der Waals surface area contributed by atoms with Crippen LogP contribution in [0.25, 0.3) is 0 Å². The fraction of sp³-hybridized carbons (Fsp3) is 0.389. The summed E-state index contributed by atoms with van der Waals surface area (Å²) in [5, 5.41) is 16.5. The average Bonchev–Trinajstić information content (AvgIpc) is 3.10. The fourth-order valence-electron chi connectivity index (χ4n) is 2.28. The highest BCUT2D eigenvalue weighted by Crippen LogP contribution is 2.21. The van der Waals surface area contributed by atoms with Crippen molar-refractivity contribution in [2.24, 2.45) is 4.99 Å². The Kier molecular flexibility index (Phi) is 6.52. The van der Waals surface area contributed by atoms with Crippen LogP contribution in [0.5, 0.6) is 0 Å². The number of furan rings is 1. The summed E-state index contributed by atoms with van der Waals surface area (Å²) in [4.78, 5) is 4.34. The summed E-state index contributed by atoms with van der Waals surface area (Å²) in [6.07, 6.45) is 1.87. The Bertz CT molecular complexity index is 700. The lowest BCUT2D eigenvalue weighted by Gasteiger charge is -2.19. The van der Waals surface area contributed by atoms with Crippen molar-refractivity contribution < 1.29 is 18.3 Å². The van der Waals surface area contributed by atoms with E-state index < -0.39 is 17.2 Å². The van der Waals surface area contributed by atoms with Crippen molar-refractivity contribution in [2.45, 2.75) is 25.9 Å². The molecule has 5 nitrogen and oxygen atoms in total. The van der Waals surface area contributed by atoms with E-state index in [1.54, 1.807) is 19.1 Å². The van der Waals surface area contributed by atoms with E-state index in [0.717, 1.165) is 6.07 Å². The maximum absolute atomic E-state index is 13.6. The van der Waals surface area contributed by atoms with E-state index >= 15 is 0 Å². The Balaban J connectivity index is 1.93. The van der Waals surface area contributed by atoms with E-state index in [-0.39, 0.29) is 6.54 Å². The summed E-state index contributed by atoms with van der Waals surface area (Å²) in [6.45, 7) is 4.69. The van der Waals surface area contributed by atoms with Crippen LogP contribution in [0, 0.1) is 11.6 Å². The molecule has 0 fully saturated rings. The lowest BCUT2D eigenvalue weighted by molar-refractivity contribution is 0.0437. The second kappa shape index (κ2) is 8.62. The standard InChI is InChI=1S/C18H23F2N3O2/c1-3-21-17(23-12-18(2,24)16-5-4-10-25-16)22-9-8-13-6-7-14(19)11-15(13)20/h4-7,10-11,24H,3,8-9,12H2,1-2H3,(H2,21,22,23). The molecule has 1 atom stereocenters. The van der Waals surface area contributed by atoms with Gasteiger partial charge < -0.3 is 20.2 Å². The third kappa shape index (κ3) is 5.56. The number of hydrogen-bond donors (Lipinski definition) is 3. The molecule has 0 aliphatic heterocycles. The highest BCUT2D eigenvalue weighted by Gasteiger charge is 2.26. The van der Waals surface area contributed by atoms with E-state index in [1.807, 2.05) is 6.92 Å². The van der Waals surface area contributed by atoms with Crippen LogP contribution in [0.3, 0.4) is 0 Å². The van der Waals surface area contributed by atoms with Crippen molar-refractivity contribution in [3.05, 3.63) is 59.6 Å². The van der Waals surface area contributed by atoms with E-state index in [0.29, 0.717) is 36.8 Å². The zero-order valence-corrected chi connectivity index (χ0v) is 14.4. The molecule has 2 aromatic rings. The van der Waals surface area contributed by atoms with Crippen LogP contribution >= 0.6 is 0 Å². The second-order valence-corrected chi connectivity index (χ2v) is 5.86. The molecule has 3 N–H and O–H groups in total. The lowest BCUT2D eigenvalue weighted by Crippen LogP contribution is -2.39. The Hall–Kier alpha value is -2.41. The highest BCUT2D eigenvalue weighted by molar-refractivity contribution is 5.79. The van der Waals surface area contributed by atoms with E-state index in [9.17, 15) is 13.9 Å². The maximum Gasteiger partial charge on any atom is 0.191 e. The van der Waals surface area contributed by atoms with Crippen molar-refractivity contribution >= 4 is 5.96 Å². The number of aliphatic hydroxyl groups is 1. The highest BCUT2D eigenvalue weighted by atomic mass is 19.1. The van der Waals surface area contributed by atoms with Crippen LogP contribution < -0.4 is 10.6 Å². The molecule has 25 heavy (non-hydrogen) atoms. The van der Waals surface area contributed by atoms with Gasteiger partial charge in [0.2, 0.25) is 0 Å². The van der Waals surface area contributed by atoms with Crippen LogP contribution in [0.1, 0.15) is 25.2 Å². The SMILES string of the molecule is CCNC(=NCC(C)(O)c1ccco1)NCCc1ccc(F)cc1F. The Morgan fingerprint density at radius 3 is 2.72 bits per heavy atom. The van der Waals surface area contributed by atoms with Crippen LogP contribution in [-0.2, 0) is 12.0 Å². The summed E-state index contributed by atoms with van der Waals surface area (Å²) in [5.41, 5.74) is -0.804. The van der Waals surface area contributed by atoms with E-state index in [2.05, 4.69) is 15.6 Å². The molecular weight excluding hydrogens is 328 g/mol. The van der Waals surface area contributed by atoms with Crippen LogP contribution in [0.15, 0.2) is 46.0 Å². The molecule has 1 aromatic heterocycles. The Morgan fingerprint density at radius 2 is 2.08 bits per heavy atom. The molecule has 0 spiro atoms. The van der Waals surface area contributed by atoms with Crippen molar-refractivity contribution in [3.63, 3.8) is 0 Å². The second-order valence-electron chi connectivity index (χ2n) is 5.86. The van der Waals surface area contributed by atoms with Gasteiger partial charge in [-0.1, -0.05) is 6.07 Å². The van der Waals surface area contributed by atoms with Crippen molar-refractivity contribution in [1.82, 2.24) is 10.6 Å². The summed E-state index contributed by atoms with van der Waals surface area (Å²) in [5.74, 6) is -0.230. The first kappa shape index (κ1) is 18.9. The molecule has 136 valence electrons. The van der Waals surface area contributed by atoms with Crippen LogP contribution in [0.2, 0.25) is 0 Å². The molecule has 0 saturated carbocycles. The lowest BCUT2D eigenvalue weighted by atomic mass is 10.0. The quantitative estimate of drug-likeness (QED) is 0.530. The van der Waals surface area contributed by atoms with Gasteiger partial charge in [-0.3, -0.25) is 0 Å². The number of rotatable bonds is 7. The molecule has 7 heteroatoms. The first-order valence-electron chi connectivity index (χ1n) is 8.15. The minimum Gasteiger partial charge on any atom is -0.466 e. The number of halogens is 2. The van der Waals surface area contributed by atoms with E-state index in [4.69, 9.17) is 4.42 Å². The molecule has 0 radical (unpaired) electrons. The van der Waals surface area contributed by atoms with Crippen molar-refractivity contribution in [1.29, 1.82) is 0 Å². The smallest absolute Gasteiger partial charge is 0.191 e. The topological polar surface area (TPSA) is 69.8 Å². The van der Waals surface area contributed by atoms with Gasteiger partial charge >= 0.3 is 0 Å². The number of aliphatic imine (C=N–C) groups is 1. The first-order chi connectivity index (χ1) is 11.9. The largest absolute Gasteiger partial charge is 0.466 e. The normalized spacial score (nSPS) is 14.2. The number of hydrogen-bond acceptors (Lipinski definition) is 3. The minimum atomic E-state index is -1.23. The molecule has 0 saturated heterocycles. The van der Waals surface area contributed by atoms with Gasteiger partial charge in [0.25, 0.3) is 0 Å². The zero-order chi connectivity index (χ0) is 18.3. The molecule has 1 heterocycles. The number of guanidine groups is 1. The van der Waals surface area contributed by atoms with Crippen LogP contribution in [-0.4, -0.2) is 30.7 Å². The van der Waals surface area contributed by atoms with Crippen LogP contribution in [0.4, 0.5) is 8.78 Å². The fourth-order valence-corrected chi connectivity index (χ4v) is 2.28. The van der Waals surface area contributed by atoms with Gasteiger partial charge in [-0.05, 0) is 44.0 Å². The monoisotopic (exact) mass is 351 g/mol. The van der Waals surface area contributed by atoms with Gasteiger partial charge in [0, 0.05) is 19.2 Å². The molecule has 1 aromatic carbocycles. The number of nitrogens with one attached hydrogen (secondary N) is 2. The molecule has 2 rings (SSSR count). The summed E-state index contributed by atoms with van der Waals surface area (Å²) in [7, 11) is 0. The molecule has 0 aliphatic rings. The molecule has 0 bridgehead atoms. The Labute approximate surface area is 145 Å². The first-order valence-corrected chi connectivity index (χ1v) is 8.15. The number of nitrogens with zero attached hydrogens (tertiary/aromatic N) is 1. The minimum absolute atomic E-state index is 0.0980. The summed E-state index contributed by atoms with van der Waals surface area (Å²) >= 11 is 0. The predicted octanol–water partition coefficient (Wildman–Crippen LogP) is 2.56. The number of benzene rings is 1. The van der Waals surface area contributed by atoms with E-state index in [1.165, 1.54) is 18.4 Å². The molecular formula is C18H23F2N3O2. The van der Waals surface area contributed by atoms with Gasteiger partial charge in [0.1, 0.15) is 23.0 Å². The third-order valence-electron chi connectivity index (χ3n) is 3.64. The zero-order valence-electron chi connectivity index (χ0n) is 14.4. The van der Waals surface area contributed by atoms with Crippen molar-refractivity contribution in [3.8, 4) is 0 Å². The van der Waals surface area contributed by atoms with Gasteiger partial charge in [0.15, 0.2) is 5.96 Å². The van der Waals surface area contributed by atoms with Gasteiger partial charge in [-0.15, -0.1) is 0 Å². The molecule has 1 unspecified atom stereocenters. The maximum atomic E-state index is 13.6. The molecule has 0 aliphatic carbocycles. The van der Waals surface area contributed by atoms with Gasteiger partial charge in [-0.2, -0.15) is 0 Å². The van der Waals surface area contributed by atoms with Crippen molar-refractivity contribution in [2.75, 3.05) is 19.6 Å². The Morgan fingerprint density at radius 1 is 1.28 bits per heavy atom. The third-order valence-corrected chi connectivity index (χ3v) is 3.64. The summed E-state index contributed by atoms with van der Waals surface area (Å²) in [6, 6.07) is 6.92. The van der Waals surface area contributed by atoms with Gasteiger partial charge in [-0.25, -0.2) is 13.8 Å².